The molecule has 2 aromatic rings. The van der Waals surface area contributed by atoms with Crippen LogP contribution in [0.4, 0.5) is 5.13 Å². The topological polar surface area (TPSA) is 54.0 Å². The minimum absolute atomic E-state index is 0.0230. The fourth-order valence-corrected chi connectivity index (χ4v) is 2.99. The Morgan fingerprint density at radius 3 is 2.81 bits per heavy atom. The molecule has 0 fully saturated rings. The van der Waals surface area contributed by atoms with E-state index in [0.29, 0.717) is 11.6 Å². The SMILES string of the molecule is CNCCCC(=O)Nc1ncc(Cc2ccc(Br)cc2)s1. The van der Waals surface area contributed by atoms with E-state index in [1.165, 1.54) is 16.9 Å². The third-order valence-corrected chi connectivity index (χ3v) is 4.36. The van der Waals surface area contributed by atoms with Gasteiger partial charge in [0.2, 0.25) is 5.91 Å². The van der Waals surface area contributed by atoms with Gasteiger partial charge in [-0.15, -0.1) is 11.3 Å². The summed E-state index contributed by atoms with van der Waals surface area (Å²) in [7, 11) is 1.88. The van der Waals surface area contributed by atoms with E-state index in [-0.39, 0.29) is 5.91 Å². The smallest absolute Gasteiger partial charge is 0.226 e. The summed E-state index contributed by atoms with van der Waals surface area (Å²) in [5, 5.41) is 6.55. The minimum atomic E-state index is 0.0230. The summed E-state index contributed by atoms with van der Waals surface area (Å²) in [4.78, 5) is 17.1. The molecule has 0 saturated carbocycles. The fraction of sp³-hybridized carbons (Fsp3) is 0.333. The Balaban J connectivity index is 1.86. The van der Waals surface area contributed by atoms with Gasteiger partial charge in [0.15, 0.2) is 5.13 Å². The molecule has 1 aromatic carbocycles. The summed E-state index contributed by atoms with van der Waals surface area (Å²) < 4.78 is 1.07. The number of carbonyl (C=O) groups is 1. The molecule has 0 atom stereocenters. The molecule has 1 aromatic heterocycles. The van der Waals surface area contributed by atoms with Crippen molar-refractivity contribution in [3.05, 3.63) is 45.4 Å². The van der Waals surface area contributed by atoms with E-state index >= 15 is 0 Å². The van der Waals surface area contributed by atoms with Gasteiger partial charge in [0.25, 0.3) is 0 Å². The number of aromatic nitrogens is 1. The van der Waals surface area contributed by atoms with Crippen LogP contribution in [0.25, 0.3) is 0 Å². The first kappa shape index (κ1) is 16.1. The van der Waals surface area contributed by atoms with E-state index in [9.17, 15) is 4.79 Å². The van der Waals surface area contributed by atoms with E-state index in [1.807, 2.05) is 25.4 Å². The Bertz CT molecular complexity index is 583. The number of nitrogens with zero attached hydrogens (tertiary/aromatic N) is 1. The number of hydrogen-bond donors (Lipinski definition) is 2. The number of benzene rings is 1. The number of nitrogens with one attached hydrogen (secondary N) is 2. The number of hydrogen-bond acceptors (Lipinski definition) is 4. The van der Waals surface area contributed by atoms with Crippen molar-refractivity contribution in [1.29, 1.82) is 0 Å². The predicted octanol–water partition coefficient (Wildman–Crippen LogP) is 3.43. The molecule has 1 amide bonds. The lowest BCUT2D eigenvalue weighted by atomic mass is 10.1. The summed E-state index contributed by atoms with van der Waals surface area (Å²) >= 11 is 4.96. The van der Waals surface area contributed by atoms with Gasteiger partial charge < -0.3 is 10.6 Å². The van der Waals surface area contributed by atoms with Gasteiger partial charge in [0, 0.05) is 28.4 Å². The maximum atomic E-state index is 11.7. The molecule has 0 aliphatic carbocycles. The van der Waals surface area contributed by atoms with Crippen LogP contribution >= 0.6 is 27.3 Å². The summed E-state index contributed by atoms with van der Waals surface area (Å²) in [5.41, 5.74) is 1.23. The molecular formula is C15H18BrN3OS. The normalized spacial score (nSPS) is 10.6. The second kappa shape index (κ2) is 8.26. The summed E-state index contributed by atoms with van der Waals surface area (Å²) in [6.07, 6.45) is 4.01. The lowest BCUT2D eigenvalue weighted by Gasteiger charge is -2.01. The number of rotatable bonds is 7. The molecular weight excluding hydrogens is 350 g/mol. The molecule has 0 spiro atoms. The Hall–Kier alpha value is -1.24. The minimum Gasteiger partial charge on any atom is -0.320 e. The fourth-order valence-electron chi connectivity index (χ4n) is 1.86. The van der Waals surface area contributed by atoms with Gasteiger partial charge in [-0.05, 0) is 37.7 Å². The number of thiazole rings is 1. The average Bonchev–Trinajstić information content (AvgIpc) is 2.89. The molecule has 0 bridgehead atoms. The highest BCUT2D eigenvalue weighted by Gasteiger charge is 2.07. The van der Waals surface area contributed by atoms with Crippen molar-refractivity contribution in [2.45, 2.75) is 19.3 Å². The zero-order chi connectivity index (χ0) is 15.1. The Morgan fingerprint density at radius 2 is 2.10 bits per heavy atom. The summed E-state index contributed by atoms with van der Waals surface area (Å²) in [6.45, 7) is 0.847. The van der Waals surface area contributed by atoms with Crippen molar-refractivity contribution in [2.24, 2.45) is 0 Å². The maximum absolute atomic E-state index is 11.7. The molecule has 2 rings (SSSR count). The number of carbonyl (C=O) groups excluding carboxylic acids is 1. The van der Waals surface area contributed by atoms with Gasteiger partial charge in [-0.1, -0.05) is 28.1 Å². The van der Waals surface area contributed by atoms with E-state index in [4.69, 9.17) is 0 Å². The second-order valence-electron chi connectivity index (χ2n) is 4.69. The zero-order valence-corrected chi connectivity index (χ0v) is 14.3. The lowest BCUT2D eigenvalue weighted by Crippen LogP contribution is -2.14. The van der Waals surface area contributed by atoms with Crippen molar-refractivity contribution in [2.75, 3.05) is 18.9 Å². The number of halogens is 1. The Labute approximate surface area is 137 Å². The van der Waals surface area contributed by atoms with Gasteiger partial charge >= 0.3 is 0 Å². The molecule has 0 aliphatic heterocycles. The molecule has 0 aliphatic rings. The molecule has 112 valence electrons. The molecule has 4 nitrogen and oxygen atoms in total. The lowest BCUT2D eigenvalue weighted by molar-refractivity contribution is -0.116. The quantitative estimate of drug-likeness (QED) is 0.737. The van der Waals surface area contributed by atoms with E-state index in [1.54, 1.807) is 0 Å². The van der Waals surface area contributed by atoms with E-state index in [2.05, 4.69) is 43.7 Å². The standard InChI is InChI=1S/C15H18BrN3OS/c1-17-8-2-3-14(20)19-15-18-10-13(21-15)9-11-4-6-12(16)7-5-11/h4-7,10,17H,2-3,8-9H2,1H3,(H,18,19,20). The third kappa shape index (κ3) is 5.57. The van der Waals surface area contributed by atoms with E-state index < -0.39 is 0 Å². The van der Waals surface area contributed by atoms with Crippen LogP contribution in [-0.4, -0.2) is 24.5 Å². The molecule has 0 unspecified atom stereocenters. The van der Waals surface area contributed by atoms with Crippen molar-refractivity contribution >= 4 is 38.3 Å². The van der Waals surface area contributed by atoms with Crippen molar-refractivity contribution in [1.82, 2.24) is 10.3 Å². The van der Waals surface area contributed by atoms with Crippen LogP contribution < -0.4 is 10.6 Å². The summed E-state index contributed by atoms with van der Waals surface area (Å²) in [6, 6.07) is 8.22. The highest BCUT2D eigenvalue weighted by molar-refractivity contribution is 9.10. The number of anilines is 1. The van der Waals surface area contributed by atoms with Crippen LogP contribution in [0.2, 0.25) is 0 Å². The van der Waals surface area contributed by atoms with Gasteiger partial charge in [0.05, 0.1) is 0 Å². The van der Waals surface area contributed by atoms with Crippen LogP contribution in [0.5, 0.6) is 0 Å². The molecule has 21 heavy (non-hydrogen) atoms. The predicted molar refractivity (Wildman–Crippen MR) is 90.9 cm³/mol. The average molecular weight is 368 g/mol. The van der Waals surface area contributed by atoms with Crippen molar-refractivity contribution in [3.8, 4) is 0 Å². The molecule has 2 N–H and O–H groups in total. The van der Waals surface area contributed by atoms with Crippen LogP contribution in [0.3, 0.4) is 0 Å². The Morgan fingerprint density at radius 1 is 1.33 bits per heavy atom. The van der Waals surface area contributed by atoms with Gasteiger partial charge in [-0.3, -0.25) is 4.79 Å². The highest BCUT2D eigenvalue weighted by atomic mass is 79.9. The van der Waals surface area contributed by atoms with Crippen LogP contribution in [0, 0.1) is 0 Å². The first-order valence-electron chi connectivity index (χ1n) is 6.81. The largest absolute Gasteiger partial charge is 0.320 e. The highest BCUT2D eigenvalue weighted by Crippen LogP contribution is 2.22. The van der Waals surface area contributed by atoms with Gasteiger partial charge in [0.1, 0.15) is 0 Å². The number of amides is 1. The first-order valence-corrected chi connectivity index (χ1v) is 8.42. The second-order valence-corrected chi connectivity index (χ2v) is 6.72. The molecule has 0 radical (unpaired) electrons. The van der Waals surface area contributed by atoms with Gasteiger partial charge in [-0.2, -0.15) is 0 Å². The van der Waals surface area contributed by atoms with Crippen molar-refractivity contribution in [3.63, 3.8) is 0 Å². The van der Waals surface area contributed by atoms with Crippen molar-refractivity contribution < 1.29 is 4.79 Å². The third-order valence-electron chi connectivity index (χ3n) is 2.92. The summed E-state index contributed by atoms with van der Waals surface area (Å²) in [5.74, 6) is 0.0230. The van der Waals surface area contributed by atoms with Crippen LogP contribution in [-0.2, 0) is 11.2 Å². The zero-order valence-electron chi connectivity index (χ0n) is 11.9. The Kier molecular flexibility index (Phi) is 6.35. The molecule has 1 heterocycles. The monoisotopic (exact) mass is 367 g/mol. The molecule has 6 heteroatoms. The first-order chi connectivity index (χ1) is 10.2. The van der Waals surface area contributed by atoms with E-state index in [0.717, 1.165) is 28.7 Å². The van der Waals surface area contributed by atoms with Crippen LogP contribution in [0.1, 0.15) is 23.3 Å². The molecule has 0 saturated heterocycles. The van der Waals surface area contributed by atoms with Gasteiger partial charge in [-0.25, -0.2) is 4.98 Å². The maximum Gasteiger partial charge on any atom is 0.226 e. The van der Waals surface area contributed by atoms with Crippen LogP contribution in [0.15, 0.2) is 34.9 Å².